The van der Waals surface area contributed by atoms with E-state index in [2.05, 4.69) is 121 Å². The van der Waals surface area contributed by atoms with Gasteiger partial charge in [-0.2, -0.15) is 5.01 Å². The van der Waals surface area contributed by atoms with Crippen LogP contribution in [0.3, 0.4) is 0 Å². The first-order valence-corrected chi connectivity index (χ1v) is 9.06. The highest BCUT2D eigenvalue weighted by molar-refractivity contribution is 5.50. The van der Waals surface area contributed by atoms with Crippen LogP contribution >= 0.6 is 0 Å². The Kier molecular flexibility index (Phi) is 4.14. The zero-order valence-corrected chi connectivity index (χ0v) is 15.3. The Morgan fingerprint density at radius 1 is 0.654 bits per heavy atom. The highest BCUT2D eigenvalue weighted by atomic mass is 15.6. The number of hydrogen-bond donors (Lipinski definition) is 1. The van der Waals surface area contributed by atoms with Crippen LogP contribution in [-0.4, -0.2) is 10.5 Å². The molecule has 1 N–H and O–H groups in total. The lowest BCUT2D eigenvalue weighted by Crippen LogP contribution is -2.58. The molecule has 1 aliphatic rings. The topological polar surface area (TPSA) is 15.3 Å². The summed E-state index contributed by atoms with van der Waals surface area (Å²) < 4.78 is 0. The van der Waals surface area contributed by atoms with Crippen LogP contribution in [0.2, 0.25) is 0 Å². The Balaban J connectivity index is 2.08. The fourth-order valence-electron chi connectivity index (χ4n) is 4.01. The molecule has 26 heavy (non-hydrogen) atoms. The second-order valence-corrected chi connectivity index (χ2v) is 7.26. The third-order valence-corrected chi connectivity index (χ3v) is 5.18. The molecular formula is C24H24N2. The zero-order valence-electron chi connectivity index (χ0n) is 15.3. The van der Waals surface area contributed by atoms with E-state index in [-0.39, 0.29) is 5.54 Å². The SMILES string of the molecule is CC1(C)C=CNN1C(c1ccccc1)(c1ccccc1)c1ccccc1. The second kappa shape index (κ2) is 6.47. The minimum atomic E-state index is -0.448. The second-order valence-electron chi connectivity index (χ2n) is 7.26. The summed E-state index contributed by atoms with van der Waals surface area (Å²) in [7, 11) is 0. The quantitative estimate of drug-likeness (QED) is 0.665. The van der Waals surface area contributed by atoms with E-state index in [1.807, 2.05) is 6.20 Å². The first kappa shape index (κ1) is 16.6. The number of nitrogens with zero attached hydrogens (tertiary/aromatic N) is 1. The third kappa shape index (κ3) is 2.54. The zero-order chi connectivity index (χ0) is 18.0. The Bertz CT molecular complexity index is 787. The van der Waals surface area contributed by atoms with Gasteiger partial charge in [-0.05, 0) is 36.6 Å². The Labute approximate surface area is 155 Å². The van der Waals surface area contributed by atoms with Crippen molar-refractivity contribution < 1.29 is 0 Å². The lowest BCUT2D eigenvalue weighted by atomic mass is 9.75. The molecule has 0 radical (unpaired) electrons. The molecule has 0 aliphatic carbocycles. The Morgan fingerprint density at radius 3 is 1.35 bits per heavy atom. The van der Waals surface area contributed by atoms with E-state index in [1.165, 1.54) is 16.7 Å². The van der Waals surface area contributed by atoms with E-state index in [0.717, 1.165) is 0 Å². The van der Waals surface area contributed by atoms with Crippen LogP contribution in [0.1, 0.15) is 30.5 Å². The van der Waals surface area contributed by atoms with Crippen molar-refractivity contribution in [1.82, 2.24) is 10.4 Å². The van der Waals surface area contributed by atoms with E-state index in [9.17, 15) is 0 Å². The summed E-state index contributed by atoms with van der Waals surface area (Å²) in [6.07, 6.45) is 4.26. The molecule has 0 aromatic heterocycles. The smallest absolute Gasteiger partial charge is 0.116 e. The fraction of sp³-hybridized carbons (Fsp3) is 0.167. The van der Waals surface area contributed by atoms with Gasteiger partial charge < -0.3 is 5.43 Å². The van der Waals surface area contributed by atoms with E-state index in [1.54, 1.807) is 0 Å². The summed E-state index contributed by atoms with van der Waals surface area (Å²) >= 11 is 0. The van der Waals surface area contributed by atoms with Gasteiger partial charge in [0.1, 0.15) is 5.54 Å². The molecule has 0 bridgehead atoms. The molecule has 1 heterocycles. The van der Waals surface area contributed by atoms with Gasteiger partial charge in [0.25, 0.3) is 0 Å². The molecular weight excluding hydrogens is 316 g/mol. The van der Waals surface area contributed by atoms with Gasteiger partial charge in [0, 0.05) is 6.20 Å². The predicted octanol–water partition coefficient (Wildman–Crippen LogP) is 5.09. The van der Waals surface area contributed by atoms with Crippen molar-refractivity contribution >= 4 is 0 Å². The molecule has 2 heteroatoms. The van der Waals surface area contributed by atoms with Crippen LogP contribution in [0.5, 0.6) is 0 Å². The number of benzene rings is 3. The minimum absolute atomic E-state index is 0.151. The summed E-state index contributed by atoms with van der Waals surface area (Å²) in [5.41, 5.74) is 6.65. The van der Waals surface area contributed by atoms with Crippen molar-refractivity contribution in [2.45, 2.75) is 24.9 Å². The summed E-state index contributed by atoms with van der Waals surface area (Å²) in [5.74, 6) is 0. The number of rotatable bonds is 4. The van der Waals surface area contributed by atoms with Crippen molar-refractivity contribution in [3.8, 4) is 0 Å². The molecule has 3 aromatic carbocycles. The van der Waals surface area contributed by atoms with Crippen LogP contribution in [0, 0.1) is 0 Å². The van der Waals surface area contributed by atoms with Gasteiger partial charge in [-0.25, -0.2) is 0 Å². The van der Waals surface area contributed by atoms with Gasteiger partial charge in [0.05, 0.1) is 5.54 Å². The predicted molar refractivity (Wildman–Crippen MR) is 107 cm³/mol. The van der Waals surface area contributed by atoms with E-state index in [0.29, 0.717) is 0 Å². The van der Waals surface area contributed by atoms with Crippen LogP contribution in [-0.2, 0) is 5.54 Å². The molecule has 4 rings (SSSR count). The third-order valence-electron chi connectivity index (χ3n) is 5.18. The van der Waals surface area contributed by atoms with Crippen molar-refractivity contribution in [3.63, 3.8) is 0 Å². The summed E-state index contributed by atoms with van der Waals surface area (Å²) in [5, 5.41) is 2.36. The van der Waals surface area contributed by atoms with E-state index >= 15 is 0 Å². The molecule has 0 unspecified atom stereocenters. The largest absolute Gasteiger partial charge is 0.324 e. The van der Waals surface area contributed by atoms with Gasteiger partial charge in [-0.15, -0.1) is 0 Å². The van der Waals surface area contributed by atoms with Gasteiger partial charge in [-0.3, -0.25) is 0 Å². The first-order chi connectivity index (χ1) is 12.7. The van der Waals surface area contributed by atoms with Crippen molar-refractivity contribution in [2.24, 2.45) is 0 Å². The maximum absolute atomic E-state index is 3.54. The Morgan fingerprint density at radius 2 is 1.04 bits per heavy atom. The fourth-order valence-corrected chi connectivity index (χ4v) is 4.01. The monoisotopic (exact) mass is 340 g/mol. The Hall–Kier alpha value is -2.84. The van der Waals surface area contributed by atoms with E-state index < -0.39 is 5.54 Å². The molecule has 3 aromatic rings. The normalized spacial score (nSPS) is 16.4. The standard InChI is InChI=1S/C24H24N2/c1-23(2)18-19-25-26(23)24(20-12-6-3-7-13-20,21-14-8-4-9-15-21)22-16-10-5-11-17-22/h3-19,25H,1-2H3. The molecule has 0 saturated carbocycles. The van der Waals surface area contributed by atoms with Gasteiger partial charge in [-0.1, -0.05) is 91.0 Å². The van der Waals surface area contributed by atoms with Crippen molar-refractivity contribution in [2.75, 3.05) is 0 Å². The van der Waals surface area contributed by atoms with Crippen LogP contribution in [0.15, 0.2) is 103 Å². The van der Waals surface area contributed by atoms with Gasteiger partial charge >= 0.3 is 0 Å². The van der Waals surface area contributed by atoms with Crippen molar-refractivity contribution in [1.29, 1.82) is 0 Å². The molecule has 130 valence electrons. The van der Waals surface area contributed by atoms with Crippen molar-refractivity contribution in [3.05, 3.63) is 120 Å². The molecule has 2 nitrogen and oxygen atoms in total. The lowest BCUT2D eigenvalue weighted by Gasteiger charge is -2.49. The minimum Gasteiger partial charge on any atom is -0.324 e. The summed E-state index contributed by atoms with van der Waals surface area (Å²) in [4.78, 5) is 0. The van der Waals surface area contributed by atoms with Crippen LogP contribution < -0.4 is 5.43 Å². The molecule has 0 atom stereocenters. The first-order valence-electron chi connectivity index (χ1n) is 9.06. The maximum Gasteiger partial charge on any atom is 0.116 e. The maximum atomic E-state index is 3.54. The number of hydrazine groups is 1. The highest BCUT2D eigenvalue weighted by Gasteiger charge is 2.48. The van der Waals surface area contributed by atoms with Gasteiger partial charge in [0.15, 0.2) is 0 Å². The van der Waals surface area contributed by atoms with Crippen LogP contribution in [0.4, 0.5) is 0 Å². The number of nitrogens with one attached hydrogen (secondary N) is 1. The molecule has 0 fully saturated rings. The van der Waals surface area contributed by atoms with Gasteiger partial charge in [0.2, 0.25) is 0 Å². The highest BCUT2D eigenvalue weighted by Crippen LogP contribution is 2.45. The molecule has 0 amide bonds. The lowest BCUT2D eigenvalue weighted by molar-refractivity contribution is 0.0474. The average molecular weight is 340 g/mol. The summed E-state index contributed by atoms with van der Waals surface area (Å²) in [6.45, 7) is 4.49. The summed E-state index contributed by atoms with van der Waals surface area (Å²) in [6, 6.07) is 32.2. The number of hydrogen-bond acceptors (Lipinski definition) is 2. The van der Waals surface area contributed by atoms with E-state index in [4.69, 9.17) is 0 Å². The molecule has 1 aliphatic heterocycles. The average Bonchev–Trinajstić information content (AvgIpc) is 3.05. The molecule has 0 spiro atoms. The van der Waals surface area contributed by atoms with Crippen LogP contribution in [0.25, 0.3) is 0 Å². The molecule has 0 saturated heterocycles.